The monoisotopic (exact) mass is 274 g/mol. The molecule has 1 heterocycles. The van der Waals surface area contributed by atoms with Gasteiger partial charge in [-0.15, -0.1) is 0 Å². The van der Waals surface area contributed by atoms with E-state index in [1.54, 1.807) is 5.56 Å². The minimum Gasteiger partial charge on any atom is -0.314 e. The number of piperazine rings is 1. The van der Waals surface area contributed by atoms with Crippen molar-refractivity contribution >= 4 is 0 Å². The molecule has 1 N–H and O–H groups in total. The van der Waals surface area contributed by atoms with Crippen LogP contribution in [0, 0.1) is 26.7 Å². The summed E-state index contributed by atoms with van der Waals surface area (Å²) in [7, 11) is 0. The van der Waals surface area contributed by atoms with Gasteiger partial charge in [-0.25, -0.2) is 0 Å². The Morgan fingerprint density at radius 3 is 2.10 bits per heavy atom. The Kier molecular flexibility index (Phi) is 5.22. The molecule has 2 rings (SSSR count). The molecule has 0 saturated carbocycles. The maximum atomic E-state index is 3.45. The van der Waals surface area contributed by atoms with Crippen molar-refractivity contribution in [2.75, 3.05) is 32.7 Å². The quantitative estimate of drug-likeness (QED) is 0.906. The summed E-state index contributed by atoms with van der Waals surface area (Å²) < 4.78 is 0. The van der Waals surface area contributed by atoms with Crippen LogP contribution in [-0.2, 0) is 0 Å². The second-order valence-electron chi connectivity index (χ2n) is 6.71. The molecule has 112 valence electrons. The van der Waals surface area contributed by atoms with Gasteiger partial charge in [0, 0.05) is 32.7 Å². The summed E-state index contributed by atoms with van der Waals surface area (Å²) in [5.74, 6) is 1.33. The molecule has 1 aromatic carbocycles. The van der Waals surface area contributed by atoms with Gasteiger partial charge in [0.05, 0.1) is 0 Å². The second-order valence-corrected chi connectivity index (χ2v) is 6.71. The zero-order valence-electron chi connectivity index (χ0n) is 13.8. The molecule has 20 heavy (non-hydrogen) atoms. The van der Waals surface area contributed by atoms with Gasteiger partial charge in [-0.3, -0.25) is 0 Å². The van der Waals surface area contributed by atoms with Crippen molar-refractivity contribution in [3.8, 4) is 0 Å². The first kappa shape index (κ1) is 15.5. The molecule has 1 unspecified atom stereocenters. The van der Waals surface area contributed by atoms with Crippen LogP contribution in [0.4, 0.5) is 0 Å². The fourth-order valence-corrected chi connectivity index (χ4v) is 3.58. The Labute approximate surface area is 124 Å². The van der Waals surface area contributed by atoms with Crippen LogP contribution in [0.5, 0.6) is 0 Å². The van der Waals surface area contributed by atoms with Crippen LogP contribution in [0.2, 0.25) is 0 Å². The van der Waals surface area contributed by atoms with Gasteiger partial charge >= 0.3 is 0 Å². The highest BCUT2D eigenvalue weighted by atomic mass is 15.2. The first-order valence-electron chi connectivity index (χ1n) is 8.00. The molecule has 1 fully saturated rings. The van der Waals surface area contributed by atoms with E-state index in [0.29, 0.717) is 11.8 Å². The fourth-order valence-electron chi connectivity index (χ4n) is 3.58. The summed E-state index contributed by atoms with van der Waals surface area (Å²) in [6.07, 6.45) is 0. The molecule has 0 amide bonds. The number of aryl methyl sites for hydroxylation is 3. The van der Waals surface area contributed by atoms with Gasteiger partial charge in [-0.1, -0.05) is 31.5 Å². The summed E-state index contributed by atoms with van der Waals surface area (Å²) in [5.41, 5.74) is 5.91. The molecule has 0 bridgehead atoms. The van der Waals surface area contributed by atoms with E-state index in [2.05, 4.69) is 57.0 Å². The van der Waals surface area contributed by atoms with Crippen molar-refractivity contribution < 1.29 is 0 Å². The third kappa shape index (κ3) is 3.62. The smallest absolute Gasteiger partial charge is 0.0108 e. The third-order valence-electron chi connectivity index (χ3n) is 4.58. The Morgan fingerprint density at radius 1 is 1.05 bits per heavy atom. The van der Waals surface area contributed by atoms with E-state index in [9.17, 15) is 0 Å². The first-order valence-corrected chi connectivity index (χ1v) is 8.00. The number of nitrogens with one attached hydrogen (secondary N) is 1. The van der Waals surface area contributed by atoms with E-state index in [1.807, 2.05) is 0 Å². The molecule has 1 aliphatic heterocycles. The summed E-state index contributed by atoms with van der Waals surface area (Å²) in [5, 5.41) is 3.45. The van der Waals surface area contributed by atoms with Gasteiger partial charge < -0.3 is 10.2 Å². The van der Waals surface area contributed by atoms with Crippen molar-refractivity contribution in [3.05, 3.63) is 34.4 Å². The van der Waals surface area contributed by atoms with Crippen LogP contribution in [0.15, 0.2) is 12.1 Å². The van der Waals surface area contributed by atoms with Crippen molar-refractivity contribution in [1.82, 2.24) is 10.2 Å². The van der Waals surface area contributed by atoms with Crippen LogP contribution in [0.3, 0.4) is 0 Å². The minimum atomic E-state index is 0.647. The Bertz CT molecular complexity index is 422. The molecule has 0 aromatic heterocycles. The molecule has 0 radical (unpaired) electrons. The van der Waals surface area contributed by atoms with E-state index in [-0.39, 0.29) is 0 Å². The number of benzene rings is 1. The highest BCUT2D eigenvalue weighted by Gasteiger charge is 2.23. The Balaban J connectivity index is 2.24. The summed E-state index contributed by atoms with van der Waals surface area (Å²) in [6.45, 7) is 17.3. The lowest BCUT2D eigenvalue weighted by molar-refractivity contribution is 0.211. The van der Waals surface area contributed by atoms with Gasteiger partial charge in [0.25, 0.3) is 0 Å². The van der Waals surface area contributed by atoms with Crippen LogP contribution in [-0.4, -0.2) is 37.6 Å². The molecule has 0 aliphatic carbocycles. The highest BCUT2D eigenvalue weighted by Crippen LogP contribution is 2.31. The van der Waals surface area contributed by atoms with Gasteiger partial charge in [-0.2, -0.15) is 0 Å². The largest absolute Gasteiger partial charge is 0.314 e. The summed E-state index contributed by atoms with van der Waals surface area (Å²) in [6, 6.07) is 4.69. The standard InChI is InChI=1S/C18H30N2/c1-13(2)17(12-20-8-6-19-7-9-20)18-15(4)10-14(3)11-16(18)5/h10-11,13,17,19H,6-9,12H2,1-5H3. The molecule has 0 spiro atoms. The van der Waals surface area contributed by atoms with E-state index < -0.39 is 0 Å². The predicted molar refractivity (Wildman–Crippen MR) is 87.5 cm³/mol. The van der Waals surface area contributed by atoms with E-state index in [0.717, 1.165) is 13.1 Å². The number of hydrogen-bond donors (Lipinski definition) is 1. The fraction of sp³-hybridized carbons (Fsp3) is 0.667. The van der Waals surface area contributed by atoms with Crippen LogP contribution >= 0.6 is 0 Å². The van der Waals surface area contributed by atoms with Crippen molar-refractivity contribution in [2.24, 2.45) is 5.92 Å². The van der Waals surface area contributed by atoms with E-state index in [1.165, 1.54) is 36.3 Å². The first-order chi connectivity index (χ1) is 9.49. The van der Waals surface area contributed by atoms with Gasteiger partial charge in [0.15, 0.2) is 0 Å². The lowest BCUT2D eigenvalue weighted by atomic mass is 9.82. The lowest BCUT2D eigenvalue weighted by Crippen LogP contribution is -2.45. The molecule has 2 heteroatoms. The molecule has 1 aliphatic rings. The molecule has 1 atom stereocenters. The van der Waals surface area contributed by atoms with Crippen LogP contribution < -0.4 is 5.32 Å². The van der Waals surface area contributed by atoms with E-state index in [4.69, 9.17) is 0 Å². The zero-order valence-corrected chi connectivity index (χ0v) is 13.8. The van der Waals surface area contributed by atoms with Gasteiger partial charge in [-0.05, 0) is 49.3 Å². The predicted octanol–water partition coefficient (Wildman–Crippen LogP) is 3.26. The third-order valence-corrected chi connectivity index (χ3v) is 4.58. The molecule has 1 saturated heterocycles. The maximum Gasteiger partial charge on any atom is 0.0108 e. The molecular formula is C18H30N2. The molecular weight excluding hydrogens is 244 g/mol. The van der Waals surface area contributed by atoms with Gasteiger partial charge in [0.2, 0.25) is 0 Å². The highest BCUT2D eigenvalue weighted by molar-refractivity contribution is 5.40. The second kappa shape index (κ2) is 6.73. The van der Waals surface area contributed by atoms with Crippen molar-refractivity contribution in [2.45, 2.75) is 40.5 Å². The van der Waals surface area contributed by atoms with Crippen LogP contribution in [0.25, 0.3) is 0 Å². The number of nitrogens with zero attached hydrogens (tertiary/aromatic N) is 1. The SMILES string of the molecule is Cc1cc(C)c(C(CN2CCNCC2)C(C)C)c(C)c1. The van der Waals surface area contributed by atoms with Crippen molar-refractivity contribution in [1.29, 1.82) is 0 Å². The van der Waals surface area contributed by atoms with E-state index >= 15 is 0 Å². The van der Waals surface area contributed by atoms with Crippen LogP contribution in [0.1, 0.15) is 42.0 Å². The normalized spacial score (nSPS) is 18.5. The topological polar surface area (TPSA) is 15.3 Å². The minimum absolute atomic E-state index is 0.647. The van der Waals surface area contributed by atoms with Gasteiger partial charge in [0.1, 0.15) is 0 Å². The molecule has 1 aromatic rings. The number of rotatable bonds is 4. The molecule has 2 nitrogen and oxygen atoms in total. The average Bonchev–Trinajstić information content (AvgIpc) is 2.37. The Hall–Kier alpha value is -0.860. The summed E-state index contributed by atoms with van der Waals surface area (Å²) >= 11 is 0. The number of hydrogen-bond acceptors (Lipinski definition) is 2. The Morgan fingerprint density at radius 2 is 1.60 bits per heavy atom. The average molecular weight is 274 g/mol. The summed E-state index contributed by atoms with van der Waals surface area (Å²) in [4.78, 5) is 2.62. The zero-order chi connectivity index (χ0) is 14.7. The van der Waals surface area contributed by atoms with Crippen molar-refractivity contribution in [3.63, 3.8) is 0 Å². The maximum absolute atomic E-state index is 3.45. The lowest BCUT2D eigenvalue weighted by Gasteiger charge is -2.34.